The van der Waals surface area contributed by atoms with E-state index in [4.69, 9.17) is 9.47 Å². The number of hydrogen-bond donors (Lipinski definition) is 2. The number of ether oxygens (including phenoxy) is 2. The number of carbonyl (C=O) groups is 3. The topological polar surface area (TPSA) is 131 Å². The summed E-state index contributed by atoms with van der Waals surface area (Å²) in [5.41, 5.74) is -0.190. The van der Waals surface area contributed by atoms with Crippen LogP contribution in [0.1, 0.15) is 77.4 Å². The molecule has 0 unspecified atom stereocenters. The number of alkyl carbamates (subject to hydrolysis) is 1. The van der Waals surface area contributed by atoms with Crippen LogP contribution < -0.4 is 10.2 Å². The lowest BCUT2D eigenvalue weighted by Gasteiger charge is -2.34. The van der Waals surface area contributed by atoms with Crippen molar-refractivity contribution in [3.05, 3.63) is 17.6 Å². The Bertz CT molecular complexity index is 899. The Hall–Kier alpha value is -2.91. The fraction of sp³-hybridized carbons (Fsp3) is 0.696. The molecule has 1 aromatic rings. The number of carboxylic acid groups (broad SMARTS) is 1. The lowest BCUT2D eigenvalue weighted by molar-refractivity contribution is -0.140. The van der Waals surface area contributed by atoms with Gasteiger partial charge in [-0.25, -0.2) is 19.6 Å². The van der Waals surface area contributed by atoms with Crippen LogP contribution in [0.25, 0.3) is 0 Å². The monoisotopic (exact) mass is 462 g/mol. The summed E-state index contributed by atoms with van der Waals surface area (Å²) < 4.78 is 10.1. The van der Waals surface area contributed by atoms with Gasteiger partial charge in [0.15, 0.2) is 0 Å². The first-order valence-corrected chi connectivity index (χ1v) is 11.4. The van der Waals surface area contributed by atoms with Crippen molar-refractivity contribution in [3.8, 4) is 0 Å². The summed E-state index contributed by atoms with van der Waals surface area (Å²) in [7, 11) is 1.29. The van der Waals surface area contributed by atoms with E-state index >= 15 is 0 Å². The standard InChI is InChI=1S/C23H34N4O6/c1-13(24-22(31)33-23(2,3)4)15-11-19(26-18(25-15)12-20(28)32-5)27-16-9-7-6-8-14(16)10-17(27)21(29)30/h11,13-14,16-17H,6-10,12H2,1-5H3,(H,24,31)(H,29,30)/t13-,14-,16-,17-/m0/s1. The highest BCUT2D eigenvalue weighted by molar-refractivity contribution is 5.79. The number of nitrogens with zero attached hydrogens (tertiary/aromatic N) is 3. The van der Waals surface area contributed by atoms with Gasteiger partial charge >= 0.3 is 18.0 Å². The molecule has 1 aliphatic carbocycles. The summed E-state index contributed by atoms with van der Waals surface area (Å²) in [6.07, 6.45) is 3.84. The number of anilines is 1. The van der Waals surface area contributed by atoms with Gasteiger partial charge in [0.05, 0.1) is 18.8 Å². The molecule has 2 aliphatic rings. The average molecular weight is 463 g/mol. The summed E-state index contributed by atoms with van der Waals surface area (Å²) in [6.45, 7) is 7.07. The smallest absolute Gasteiger partial charge is 0.408 e. The Labute approximate surface area is 194 Å². The van der Waals surface area contributed by atoms with Crippen molar-refractivity contribution >= 4 is 23.8 Å². The number of carbonyl (C=O) groups excluding carboxylic acids is 2. The molecule has 10 heteroatoms. The highest BCUT2D eigenvalue weighted by Gasteiger charge is 2.46. The molecule has 0 aromatic carbocycles. The van der Waals surface area contributed by atoms with Crippen LogP contribution in [0.4, 0.5) is 10.6 Å². The molecule has 2 N–H and O–H groups in total. The van der Waals surface area contributed by atoms with Crippen LogP contribution in [0.15, 0.2) is 6.07 Å². The zero-order chi connectivity index (χ0) is 24.3. The fourth-order valence-corrected chi connectivity index (χ4v) is 4.71. The Morgan fingerprint density at radius 1 is 1.24 bits per heavy atom. The van der Waals surface area contributed by atoms with E-state index in [1.807, 2.05) is 4.90 Å². The highest BCUT2D eigenvalue weighted by Crippen LogP contribution is 2.42. The number of methoxy groups -OCH3 is 1. The van der Waals surface area contributed by atoms with Gasteiger partial charge < -0.3 is 24.8 Å². The number of amides is 1. The number of nitrogens with one attached hydrogen (secondary N) is 1. The molecule has 33 heavy (non-hydrogen) atoms. The molecule has 1 aromatic heterocycles. The van der Waals surface area contributed by atoms with Gasteiger partial charge in [-0.1, -0.05) is 12.8 Å². The number of esters is 1. The van der Waals surface area contributed by atoms with E-state index in [-0.39, 0.29) is 18.3 Å². The van der Waals surface area contributed by atoms with Crippen molar-refractivity contribution in [3.63, 3.8) is 0 Å². The molecule has 2 fully saturated rings. The molecule has 0 radical (unpaired) electrons. The summed E-state index contributed by atoms with van der Waals surface area (Å²) >= 11 is 0. The van der Waals surface area contributed by atoms with Gasteiger partial charge in [0.2, 0.25) is 0 Å². The normalized spacial score (nSPS) is 23.4. The molecular formula is C23H34N4O6. The van der Waals surface area contributed by atoms with Gasteiger partial charge in [-0.3, -0.25) is 4.79 Å². The summed E-state index contributed by atoms with van der Waals surface area (Å²) in [5.74, 6) is -0.426. The molecule has 0 bridgehead atoms. The number of aliphatic carboxylic acids is 1. The molecule has 1 saturated heterocycles. The predicted molar refractivity (Wildman–Crippen MR) is 120 cm³/mol. The molecular weight excluding hydrogens is 428 g/mol. The fourth-order valence-electron chi connectivity index (χ4n) is 4.71. The SMILES string of the molecule is COC(=O)Cc1nc([C@H](C)NC(=O)OC(C)(C)C)cc(N2[C@H](C(=O)O)C[C@@H]3CCCC[C@@H]32)n1. The molecule has 10 nitrogen and oxygen atoms in total. The number of fused-ring (bicyclic) bond motifs is 1. The van der Waals surface area contributed by atoms with Crippen molar-refractivity contribution in [1.29, 1.82) is 0 Å². The third-order valence-electron chi connectivity index (χ3n) is 6.12. The zero-order valence-electron chi connectivity index (χ0n) is 20.0. The molecule has 3 rings (SSSR count). The molecule has 2 heterocycles. The van der Waals surface area contributed by atoms with Gasteiger partial charge in [-0.15, -0.1) is 0 Å². The highest BCUT2D eigenvalue weighted by atomic mass is 16.6. The quantitative estimate of drug-likeness (QED) is 0.612. The lowest BCUT2D eigenvalue weighted by atomic mass is 9.85. The van der Waals surface area contributed by atoms with E-state index in [1.54, 1.807) is 33.8 Å². The van der Waals surface area contributed by atoms with E-state index in [1.165, 1.54) is 7.11 Å². The largest absolute Gasteiger partial charge is 0.480 e. The molecule has 182 valence electrons. The first-order valence-electron chi connectivity index (χ1n) is 11.4. The van der Waals surface area contributed by atoms with Gasteiger partial charge in [-0.05, 0) is 52.9 Å². The summed E-state index contributed by atoms with van der Waals surface area (Å²) in [4.78, 5) is 47.2. The zero-order valence-corrected chi connectivity index (χ0v) is 20.0. The van der Waals surface area contributed by atoms with Crippen LogP contribution in [0.2, 0.25) is 0 Å². The van der Waals surface area contributed by atoms with Crippen molar-refractivity contribution in [2.45, 2.75) is 89.9 Å². The van der Waals surface area contributed by atoms with Crippen LogP contribution in [-0.2, 0) is 25.5 Å². The van der Waals surface area contributed by atoms with Gasteiger partial charge in [0, 0.05) is 12.1 Å². The maximum Gasteiger partial charge on any atom is 0.408 e. The van der Waals surface area contributed by atoms with Crippen LogP contribution in [0.5, 0.6) is 0 Å². The Kier molecular flexibility index (Phi) is 7.44. The van der Waals surface area contributed by atoms with E-state index in [0.29, 0.717) is 23.9 Å². The number of rotatable bonds is 6. The number of aromatic nitrogens is 2. The van der Waals surface area contributed by atoms with Crippen LogP contribution in [0.3, 0.4) is 0 Å². The van der Waals surface area contributed by atoms with Crippen LogP contribution in [0, 0.1) is 5.92 Å². The lowest BCUT2D eigenvalue weighted by Crippen LogP contribution is -2.43. The van der Waals surface area contributed by atoms with E-state index in [2.05, 4.69) is 15.3 Å². The number of carboxylic acids is 1. The van der Waals surface area contributed by atoms with Crippen molar-refractivity contribution in [2.75, 3.05) is 12.0 Å². The van der Waals surface area contributed by atoms with E-state index in [9.17, 15) is 19.5 Å². The first kappa shape index (κ1) is 24.7. The Morgan fingerprint density at radius 3 is 2.58 bits per heavy atom. The first-order chi connectivity index (χ1) is 15.5. The maximum atomic E-state index is 12.3. The summed E-state index contributed by atoms with van der Waals surface area (Å²) in [6, 6.07) is 0.533. The maximum absolute atomic E-state index is 12.3. The molecule has 1 aliphatic heterocycles. The molecule has 1 amide bonds. The second-order valence-corrected chi connectivity index (χ2v) is 9.80. The van der Waals surface area contributed by atoms with Gasteiger partial charge in [0.25, 0.3) is 0 Å². The minimum absolute atomic E-state index is 0.0719. The molecule has 1 saturated carbocycles. The number of hydrogen-bond acceptors (Lipinski definition) is 8. The van der Waals surface area contributed by atoms with Crippen molar-refractivity contribution < 1.29 is 29.0 Å². The van der Waals surface area contributed by atoms with E-state index < -0.39 is 35.7 Å². The van der Waals surface area contributed by atoms with Gasteiger partial charge in [0.1, 0.15) is 29.7 Å². The Balaban J connectivity index is 1.96. The van der Waals surface area contributed by atoms with E-state index in [0.717, 1.165) is 25.7 Å². The second kappa shape index (κ2) is 9.93. The third-order valence-corrected chi connectivity index (χ3v) is 6.12. The van der Waals surface area contributed by atoms with Crippen LogP contribution >= 0.6 is 0 Å². The minimum atomic E-state index is -0.890. The van der Waals surface area contributed by atoms with Gasteiger partial charge in [-0.2, -0.15) is 0 Å². The van der Waals surface area contributed by atoms with Crippen LogP contribution in [-0.4, -0.2) is 57.9 Å². The summed E-state index contributed by atoms with van der Waals surface area (Å²) in [5, 5.41) is 12.7. The Morgan fingerprint density at radius 2 is 1.94 bits per heavy atom. The van der Waals surface area contributed by atoms with Crippen molar-refractivity contribution in [1.82, 2.24) is 15.3 Å². The third kappa shape index (κ3) is 6.11. The van der Waals surface area contributed by atoms with Crippen molar-refractivity contribution in [2.24, 2.45) is 5.92 Å². The second-order valence-electron chi connectivity index (χ2n) is 9.80. The average Bonchev–Trinajstić information content (AvgIpc) is 3.12. The minimum Gasteiger partial charge on any atom is -0.480 e. The molecule has 0 spiro atoms. The predicted octanol–water partition coefficient (Wildman–Crippen LogP) is 3.00. The molecule has 4 atom stereocenters.